The van der Waals surface area contributed by atoms with Crippen molar-refractivity contribution >= 4 is 28.4 Å². The number of rotatable bonds is 5. The molecule has 0 unspecified atom stereocenters. The fraction of sp³-hybridized carbons (Fsp3) is 0.333. The van der Waals surface area contributed by atoms with Gasteiger partial charge < -0.3 is 21.4 Å². The number of nitrogens with two attached hydrogens (primary N) is 1. The predicted octanol–water partition coefficient (Wildman–Crippen LogP) is 1.39. The van der Waals surface area contributed by atoms with Crippen LogP contribution in [-0.4, -0.2) is 29.4 Å². The molecule has 0 aliphatic heterocycles. The molecule has 21 heavy (non-hydrogen) atoms. The maximum Gasteiger partial charge on any atom is 0.253 e. The summed E-state index contributed by atoms with van der Waals surface area (Å²) in [6, 6.07) is 5.46. The summed E-state index contributed by atoms with van der Waals surface area (Å²) in [4.78, 5) is 26.7. The molecule has 2 amide bonds. The molecular weight excluding hydrogens is 268 g/mol. The van der Waals surface area contributed by atoms with Crippen LogP contribution in [0.4, 0.5) is 5.69 Å². The third kappa shape index (κ3) is 3.75. The van der Waals surface area contributed by atoms with Gasteiger partial charge in [0.2, 0.25) is 5.91 Å². The van der Waals surface area contributed by atoms with Crippen molar-refractivity contribution in [3.8, 4) is 0 Å². The van der Waals surface area contributed by atoms with Crippen LogP contribution in [0, 0.1) is 0 Å². The van der Waals surface area contributed by atoms with Gasteiger partial charge in [-0.25, -0.2) is 0 Å². The molecule has 112 valence electrons. The van der Waals surface area contributed by atoms with Gasteiger partial charge in [-0.15, -0.1) is 0 Å². The lowest BCUT2D eigenvalue weighted by molar-refractivity contribution is -0.121. The van der Waals surface area contributed by atoms with Gasteiger partial charge in [-0.05, 0) is 32.0 Å². The van der Waals surface area contributed by atoms with Crippen LogP contribution in [0.1, 0.15) is 30.6 Å². The summed E-state index contributed by atoms with van der Waals surface area (Å²) >= 11 is 0. The molecule has 0 aliphatic rings. The van der Waals surface area contributed by atoms with Gasteiger partial charge in [-0.1, -0.05) is 0 Å². The van der Waals surface area contributed by atoms with Gasteiger partial charge in [0.25, 0.3) is 5.91 Å². The van der Waals surface area contributed by atoms with E-state index in [9.17, 15) is 9.59 Å². The van der Waals surface area contributed by atoms with E-state index in [2.05, 4.69) is 15.6 Å². The summed E-state index contributed by atoms with van der Waals surface area (Å²) in [6.07, 6.45) is 1.90. The fourth-order valence-corrected chi connectivity index (χ4v) is 2.11. The molecule has 0 fully saturated rings. The molecule has 6 nitrogen and oxygen atoms in total. The van der Waals surface area contributed by atoms with Crippen molar-refractivity contribution < 1.29 is 9.59 Å². The molecule has 1 heterocycles. The molecule has 0 bridgehead atoms. The second kappa shape index (κ2) is 6.30. The normalized spacial score (nSPS) is 10.8. The molecule has 5 N–H and O–H groups in total. The predicted molar refractivity (Wildman–Crippen MR) is 82.9 cm³/mol. The molecule has 2 rings (SSSR count). The maximum absolute atomic E-state index is 12.1. The van der Waals surface area contributed by atoms with Crippen molar-refractivity contribution in [2.45, 2.75) is 26.3 Å². The van der Waals surface area contributed by atoms with E-state index in [4.69, 9.17) is 5.73 Å². The highest BCUT2D eigenvalue weighted by atomic mass is 16.2. The number of carbonyl (C=O) groups excluding carboxylic acids is 2. The smallest absolute Gasteiger partial charge is 0.253 e. The van der Waals surface area contributed by atoms with Crippen LogP contribution < -0.4 is 16.4 Å². The number of aromatic amines is 1. The van der Waals surface area contributed by atoms with Crippen LogP contribution in [0.25, 0.3) is 10.9 Å². The van der Waals surface area contributed by atoms with Crippen molar-refractivity contribution in [2.24, 2.45) is 0 Å². The Morgan fingerprint density at radius 3 is 2.81 bits per heavy atom. The summed E-state index contributed by atoms with van der Waals surface area (Å²) in [6.45, 7) is 4.09. The first-order chi connectivity index (χ1) is 9.97. The van der Waals surface area contributed by atoms with Crippen molar-refractivity contribution in [1.29, 1.82) is 0 Å². The molecule has 0 saturated heterocycles. The quantitative estimate of drug-likeness (QED) is 0.626. The number of hydrogen-bond acceptors (Lipinski definition) is 3. The van der Waals surface area contributed by atoms with Crippen molar-refractivity contribution in [2.75, 3.05) is 12.3 Å². The van der Waals surface area contributed by atoms with Gasteiger partial charge in [-0.3, -0.25) is 9.59 Å². The number of fused-ring (bicyclic) bond motifs is 1. The Bertz CT molecular complexity index is 661. The Kier molecular flexibility index (Phi) is 4.47. The zero-order valence-electron chi connectivity index (χ0n) is 12.2. The number of H-pyrrole nitrogens is 1. The first-order valence-corrected chi connectivity index (χ1v) is 6.91. The van der Waals surface area contributed by atoms with Crippen LogP contribution in [0.3, 0.4) is 0 Å². The van der Waals surface area contributed by atoms with Gasteiger partial charge in [0.15, 0.2) is 0 Å². The average Bonchev–Trinajstić information content (AvgIpc) is 2.80. The molecule has 0 atom stereocenters. The monoisotopic (exact) mass is 288 g/mol. The molecule has 0 spiro atoms. The molecular formula is C15H20N4O2. The van der Waals surface area contributed by atoms with E-state index in [1.165, 1.54) is 0 Å². The molecule has 0 radical (unpaired) electrons. The highest BCUT2D eigenvalue weighted by molar-refractivity contribution is 6.07. The lowest BCUT2D eigenvalue weighted by Crippen LogP contribution is -2.34. The number of amides is 2. The first kappa shape index (κ1) is 14.9. The number of nitrogen functional groups attached to an aromatic ring is 1. The van der Waals surface area contributed by atoms with E-state index in [0.717, 1.165) is 10.9 Å². The fourth-order valence-electron chi connectivity index (χ4n) is 2.11. The van der Waals surface area contributed by atoms with E-state index in [0.29, 0.717) is 17.8 Å². The van der Waals surface area contributed by atoms with Crippen molar-refractivity contribution in [3.63, 3.8) is 0 Å². The minimum atomic E-state index is -0.218. The summed E-state index contributed by atoms with van der Waals surface area (Å²) in [7, 11) is 0. The van der Waals surface area contributed by atoms with E-state index in [-0.39, 0.29) is 24.3 Å². The zero-order chi connectivity index (χ0) is 15.4. The Balaban J connectivity index is 1.96. The minimum Gasteiger partial charge on any atom is -0.399 e. The standard InChI is InChI=1S/C15H20N4O2/c1-9(2)19-14(20)5-6-17-15(21)12-8-18-13-4-3-10(16)7-11(12)13/h3-4,7-9,18H,5-6,16H2,1-2H3,(H,17,21)(H,19,20). The largest absolute Gasteiger partial charge is 0.399 e. The Labute approximate surface area is 123 Å². The van der Waals surface area contributed by atoms with Crippen LogP contribution in [-0.2, 0) is 4.79 Å². The summed E-state index contributed by atoms with van der Waals surface area (Å²) in [5.41, 5.74) is 7.73. The van der Waals surface area contributed by atoms with Gasteiger partial charge in [-0.2, -0.15) is 0 Å². The SMILES string of the molecule is CC(C)NC(=O)CCNC(=O)c1c[nH]c2ccc(N)cc12. The van der Waals surface area contributed by atoms with Crippen LogP contribution >= 0.6 is 0 Å². The van der Waals surface area contributed by atoms with Gasteiger partial charge >= 0.3 is 0 Å². The number of nitrogens with one attached hydrogen (secondary N) is 3. The second-order valence-corrected chi connectivity index (χ2v) is 5.24. The summed E-state index contributed by atoms with van der Waals surface area (Å²) in [5, 5.41) is 6.29. The van der Waals surface area contributed by atoms with Gasteiger partial charge in [0, 0.05) is 41.8 Å². The number of aromatic nitrogens is 1. The number of hydrogen-bond donors (Lipinski definition) is 4. The number of carbonyl (C=O) groups is 2. The average molecular weight is 288 g/mol. The third-order valence-electron chi connectivity index (χ3n) is 3.04. The first-order valence-electron chi connectivity index (χ1n) is 6.91. The molecule has 1 aromatic carbocycles. The Hall–Kier alpha value is -2.50. The van der Waals surface area contributed by atoms with E-state index >= 15 is 0 Å². The van der Waals surface area contributed by atoms with E-state index in [1.807, 2.05) is 19.9 Å². The topological polar surface area (TPSA) is 100 Å². The van der Waals surface area contributed by atoms with Gasteiger partial charge in [0.1, 0.15) is 0 Å². The molecule has 1 aromatic heterocycles. The summed E-state index contributed by atoms with van der Waals surface area (Å²) < 4.78 is 0. The molecule has 0 aliphatic carbocycles. The van der Waals surface area contributed by atoms with Crippen LogP contribution in [0.15, 0.2) is 24.4 Å². The number of benzene rings is 1. The minimum absolute atomic E-state index is 0.0755. The molecule has 0 saturated carbocycles. The summed E-state index contributed by atoms with van der Waals surface area (Å²) in [5.74, 6) is -0.294. The molecule has 2 aromatic rings. The maximum atomic E-state index is 12.1. The lowest BCUT2D eigenvalue weighted by atomic mass is 10.1. The Morgan fingerprint density at radius 2 is 2.10 bits per heavy atom. The second-order valence-electron chi connectivity index (χ2n) is 5.24. The zero-order valence-corrected chi connectivity index (χ0v) is 12.2. The third-order valence-corrected chi connectivity index (χ3v) is 3.04. The van der Waals surface area contributed by atoms with Crippen LogP contribution in [0.2, 0.25) is 0 Å². The van der Waals surface area contributed by atoms with Gasteiger partial charge in [0.05, 0.1) is 5.56 Å². The van der Waals surface area contributed by atoms with Crippen LogP contribution in [0.5, 0.6) is 0 Å². The Morgan fingerprint density at radius 1 is 1.33 bits per heavy atom. The molecule has 6 heteroatoms. The van der Waals surface area contributed by atoms with Crippen molar-refractivity contribution in [3.05, 3.63) is 30.0 Å². The van der Waals surface area contributed by atoms with E-state index < -0.39 is 0 Å². The van der Waals surface area contributed by atoms with E-state index in [1.54, 1.807) is 18.3 Å². The highest BCUT2D eigenvalue weighted by Crippen LogP contribution is 2.20. The highest BCUT2D eigenvalue weighted by Gasteiger charge is 2.12. The number of anilines is 1. The lowest BCUT2D eigenvalue weighted by Gasteiger charge is -2.08. The van der Waals surface area contributed by atoms with Crippen molar-refractivity contribution in [1.82, 2.24) is 15.6 Å².